The monoisotopic (exact) mass is 508 g/mol. The lowest BCUT2D eigenvalue weighted by molar-refractivity contribution is -0.140. The smallest absolute Gasteiger partial charge is 0.295 e. The molecule has 7 nitrogen and oxygen atoms in total. The summed E-state index contributed by atoms with van der Waals surface area (Å²) < 4.78 is 10.8. The van der Waals surface area contributed by atoms with Crippen LogP contribution in [0.15, 0.2) is 54.1 Å². The number of hydrogen-bond acceptors (Lipinski definition) is 6. The Hall–Kier alpha value is -3.32. The predicted molar refractivity (Wildman–Crippen MR) is 146 cm³/mol. The zero-order valence-electron chi connectivity index (χ0n) is 22.5. The maximum Gasteiger partial charge on any atom is 0.295 e. The van der Waals surface area contributed by atoms with Crippen LogP contribution in [0.3, 0.4) is 0 Å². The summed E-state index contributed by atoms with van der Waals surface area (Å²) in [6.45, 7) is 7.69. The Kier molecular flexibility index (Phi) is 10.6. The summed E-state index contributed by atoms with van der Waals surface area (Å²) in [6.07, 6.45) is 5.27. The third-order valence-electron chi connectivity index (χ3n) is 6.87. The van der Waals surface area contributed by atoms with E-state index in [4.69, 9.17) is 9.47 Å². The molecule has 2 aromatic carbocycles. The van der Waals surface area contributed by atoms with Crippen LogP contribution in [0.2, 0.25) is 0 Å². The zero-order chi connectivity index (χ0) is 26.8. The van der Waals surface area contributed by atoms with E-state index in [9.17, 15) is 14.7 Å². The molecule has 1 N–H and O–H groups in total. The largest absolute Gasteiger partial charge is 0.507 e. The summed E-state index contributed by atoms with van der Waals surface area (Å²) in [5.74, 6) is -0.286. The molecule has 1 heterocycles. The molecule has 0 radical (unpaired) electrons. The molecule has 7 heteroatoms. The van der Waals surface area contributed by atoms with Gasteiger partial charge in [-0.05, 0) is 69.2 Å². The van der Waals surface area contributed by atoms with E-state index < -0.39 is 17.7 Å². The fourth-order valence-corrected chi connectivity index (χ4v) is 4.79. The van der Waals surface area contributed by atoms with Crippen LogP contribution in [0.1, 0.15) is 63.1 Å². The number of rotatable bonds is 14. The SMILES string of the molecule is CCCCN(CCCC)CCCN1C(=O)C(=O)C(=C(O)c2ccc(OC)cc2)[C@H]1c1ccccc1OC. The van der Waals surface area contributed by atoms with E-state index in [1.807, 2.05) is 18.2 Å². The fourth-order valence-electron chi connectivity index (χ4n) is 4.79. The van der Waals surface area contributed by atoms with Crippen molar-refractivity contribution in [3.05, 3.63) is 65.2 Å². The van der Waals surface area contributed by atoms with Crippen molar-refractivity contribution in [2.75, 3.05) is 40.4 Å². The van der Waals surface area contributed by atoms with Crippen LogP contribution in [-0.2, 0) is 9.59 Å². The Morgan fingerprint density at radius 3 is 2.11 bits per heavy atom. The van der Waals surface area contributed by atoms with Crippen molar-refractivity contribution in [1.82, 2.24) is 9.80 Å². The molecule has 1 aliphatic heterocycles. The van der Waals surface area contributed by atoms with E-state index in [0.717, 1.165) is 51.7 Å². The van der Waals surface area contributed by atoms with Gasteiger partial charge in [0.1, 0.15) is 17.3 Å². The maximum absolute atomic E-state index is 13.3. The van der Waals surface area contributed by atoms with Gasteiger partial charge < -0.3 is 24.4 Å². The van der Waals surface area contributed by atoms with Crippen LogP contribution < -0.4 is 9.47 Å². The van der Waals surface area contributed by atoms with E-state index in [1.54, 1.807) is 49.5 Å². The number of Topliss-reactive ketones (excluding diaryl/α,β-unsaturated/α-hetero) is 1. The van der Waals surface area contributed by atoms with Crippen molar-refractivity contribution in [3.63, 3.8) is 0 Å². The number of carbonyl (C=O) groups is 2. The molecular formula is C30H40N2O5. The third kappa shape index (κ3) is 6.72. The second-order valence-corrected chi connectivity index (χ2v) is 9.37. The number of ether oxygens (including phenoxy) is 2. The van der Waals surface area contributed by atoms with Crippen molar-refractivity contribution in [2.45, 2.75) is 52.0 Å². The van der Waals surface area contributed by atoms with Crippen molar-refractivity contribution < 1.29 is 24.2 Å². The first-order valence-corrected chi connectivity index (χ1v) is 13.2. The Morgan fingerprint density at radius 1 is 0.892 bits per heavy atom. The van der Waals surface area contributed by atoms with E-state index in [-0.39, 0.29) is 11.3 Å². The molecule has 3 rings (SSSR count). The normalized spacial score (nSPS) is 17.0. The molecule has 0 saturated carbocycles. The molecule has 1 saturated heterocycles. The number of hydrogen-bond donors (Lipinski definition) is 1. The standard InChI is InChI=1S/C30H40N2O5/c1-5-7-18-31(19-8-6-2)20-11-21-32-27(24-12-9-10-13-25(24)37-4)26(29(34)30(32)35)28(33)22-14-16-23(36-3)17-15-22/h9-10,12-17,27,33H,5-8,11,18-21H2,1-4H3/t27-/m1/s1. The number of nitrogens with zero attached hydrogens (tertiary/aromatic N) is 2. The molecule has 0 aliphatic carbocycles. The Morgan fingerprint density at radius 2 is 1.51 bits per heavy atom. The molecule has 0 aromatic heterocycles. The number of likely N-dealkylation sites (tertiary alicyclic amines) is 1. The molecule has 0 unspecified atom stereocenters. The van der Waals surface area contributed by atoms with Gasteiger partial charge in [0.25, 0.3) is 11.7 Å². The van der Waals surface area contributed by atoms with Crippen molar-refractivity contribution >= 4 is 17.4 Å². The molecule has 1 atom stereocenters. The second kappa shape index (κ2) is 13.8. The number of aliphatic hydroxyl groups is 1. The number of unbranched alkanes of at least 4 members (excludes halogenated alkanes) is 2. The minimum atomic E-state index is -0.738. The topological polar surface area (TPSA) is 79.3 Å². The van der Waals surface area contributed by atoms with Crippen molar-refractivity contribution in [2.24, 2.45) is 0 Å². The number of methoxy groups -OCH3 is 2. The maximum atomic E-state index is 13.3. The quantitative estimate of drug-likeness (QED) is 0.209. The first-order chi connectivity index (χ1) is 18.0. The minimum absolute atomic E-state index is 0.0773. The van der Waals surface area contributed by atoms with Gasteiger partial charge in [0.15, 0.2) is 0 Å². The highest BCUT2D eigenvalue weighted by Crippen LogP contribution is 2.42. The van der Waals surface area contributed by atoms with Gasteiger partial charge in [-0.25, -0.2) is 0 Å². The lowest BCUT2D eigenvalue weighted by Crippen LogP contribution is -2.34. The summed E-state index contributed by atoms with van der Waals surface area (Å²) in [7, 11) is 3.13. The Balaban J connectivity index is 1.96. The van der Waals surface area contributed by atoms with Crippen LogP contribution in [0, 0.1) is 0 Å². The van der Waals surface area contributed by atoms with E-state index in [0.29, 0.717) is 29.2 Å². The molecule has 0 bridgehead atoms. The van der Waals surface area contributed by atoms with Gasteiger partial charge in [0, 0.05) is 17.7 Å². The predicted octanol–water partition coefficient (Wildman–Crippen LogP) is 5.42. The van der Waals surface area contributed by atoms with Crippen molar-refractivity contribution in [1.29, 1.82) is 0 Å². The van der Waals surface area contributed by atoms with Crippen molar-refractivity contribution in [3.8, 4) is 11.5 Å². The number of carbonyl (C=O) groups excluding carboxylic acids is 2. The van der Waals surface area contributed by atoms with Gasteiger partial charge in [-0.1, -0.05) is 44.9 Å². The highest BCUT2D eigenvalue weighted by molar-refractivity contribution is 6.46. The number of aliphatic hydroxyl groups excluding tert-OH is 1. The molecule has 2 aromatic rings. The molecule has 200 valence electrons. The van der Waals surface area contributed by atoms with E-state index >= 15 is 0 Å². The van der Waals surface area contributed by atoms with Gasteiger partial charge >= 0.3 is 0 Å². The third-order valence-corrected chi connectivity index (χ3v) is 6.87. The van der Waals surface area contributed by atoms with Gasteiger partial charge in [0.05, 0.1) is 25.8 Å². The van der Waals surface area contributed by atoms with Gasteiger partial charge in [0.2, 0.25) is 0 Å². The molecular weight excluding hydrogens is 468 g/mol. The van der Waals surface area contributed by atoms with Crippen LogP contribution >= 0.6 is 0 Å². The van der Waals surface area contributed by atoms with Crippen LogP contribution in [0.25, 0.3) is 5.76 Å². The lowest BCUT2D eigenvalue weighted by Gasteiger charge is -2.28. The number of amides is 1. The number of benzene rings is 2. The van der Waals surface area contributed by atoms with Gasteiger partial charge in [-0.15, -0.1) is 0 Å². The summed E-state index contributed by atoms with van der Waals surface area (Å²) in [4.78, 5) is 30.7. The first kappa shape index (κ1) is 28.3. The second-order valence-electron chi connectivity index (χ2n) is 9.37. The van der Waals surface area contributed by atoms with E-state index in [2.05, 4.69) is 18.7 Å². The first-order valence-electron chi connectivity index (χ1n) is 13.2. The highest BCUT2D eigenvalue weighted by Gasteiger charge is 2.46. The van der Waals surface area contributed by atoms with Crippen LogP contribution in [0.5, 0.6) is 11.5 Å². The van der Waals surface area contributed by atoms with Gasteiger partial charge in [-0.3, -0.25) is 9.59 Å². The van der Waals surface area contributed by atoms with E-state index in [1.165, 1.54) is 0 Å². The molecule has 1 aliphatic rings. The highest BCUT2D eigenvalue weighted by atomic mass is 16.5. The van der Waals surface area contributed by atoms with Crippen LogP contribution in [-0.4, -0.2) is 67.0 Å². The number of para-hydroxylation sites is 1. The Bertz CT molecular complexity index is 1070. The summed E-state index contributed by atoms with van der Waals surface area (Å²) >= 11 is 0. The molecule has 1 amide bonds. The summed E-state index contributed by atoms with van der Waals surface area (Å²) in [6, 6.07) is 13.4. The minimum Gasteiger partial charge on any atom is -0.507 e. The van der Waals surface area contributed by atoms with Gasteiger partial charge in [-0.2, -0.15) is 0 Å². The summed E-state index contributed by atoms with van der Waals surface area (Å²) in [5, 5.41) is 11.3. The average Bonchev–Trinajstić information content (AvgIpc) is 3.18. The molecule has 37 heavy (non-hydrogen) atoms. The molecule has 0 spiro atoms. The fraction of sp³-hybridized carbons (Fsp3) is 0.467. The zero-order valence-corrected chi connectivity index (χ0v) is 22.5. The number of ketones is 1. The average molecular weight is 509 g/mol. The molecule has 1 fully saturated rings. The summed E-state index contributed by atoms with van der Waals surface area (Å²) in [5.41, 5.74) is 1.20. The Labute approximate surface area is 220 Å². The lowest BCUT2D eigenvalue weighted by atomic mass is 9.94. The van der Waals surface area contributed by atoms with Crippen LogP contribution in [0.4, 0.5) is 0 Å².